The van der Waals surface area contributed by atoms with Gasteiger partial charge in [0, 0.05) is 0 Å². The van der Waals surface area contributed by atoms with E-state index in [9.17, 15) is 10.4 Å². The van der Waals surface area contributed by atoms with Gasteiger partial charge in [0.15, 0.2) is 0 Å². The third-order valence-corrected chi connectivity index (χ3v) is 4.58. The van der Waals surface area contributed by atoms with E-state index in [1.807, 2.05) is 18.2 Å². The normalized spacial score (nSPS) is 23.4. The van der Waals surface area contributed by atoms with Crippen LogP contribution in [0.2, 0.25) is 0 Å². The fourth-order valence-corrected chi connectivity index (χ4v) is 3.30. The first-order valence-corrected chi connectivity index (χ1v) is 7.80. The van der Waals surface area contributed by atoms with Gasteiger partial charge in [0.05, 0.1) is 12.2 Å². The molecule has 1 aromatic carbocycles. The summed E-state index contributed by atoms with van der Waals surface area (Å²) in [5, 5.41) is 20.0. The van der Waals surface area contributed by atoms with Crippen LogP contribution in [0.4, 0.5) is 0 Å². The standard InChI is InChI=1S/C15H19NOS/c1-18-10-4-7-14(17)15(11-16)9-8-12-5-2-3-6-13(12)15/h2-3,5-6,14,17H,4,7-10H2,1H3. The fraction of sp³-hybridized carbons (Fsp3) is 0.533. The number of aliphatic hydroxyl groups is 1. The minimum absolute atomic E-state index is 0.543. The minimum atomic E-state index is -0.672. The van der Waals surface area contributed by atoms with Crippen LogP contribution < -0.4 is 0 Å². The second kappa shape index (κ2) is 5.77. The lowest BCUT2D eigenvalue weighted by molar-refractivity contribution is 0.101. The highest BCUT2D eigenvalue weighted by molar-refractivity contribution is 7.98. The van der Waals surface area contributed by atoms with E-state index in [-0.39, 0.29) is 0 Å². The largest absolute Gasteiger partial charge is 0.391 e. The van der Waals surface area contributed by atoms with Gasteiger partial charge in [0.25, 0.3) is 0 Å². The Labute approximate surface area is 113 Å². The molecule has 1 aliphatic carbocycles. The number of hydrogen-bond donors (Lipinski definition) is 1. The van der Waals surface area contributed by atoms with Gasteiger partial charge in [-0.25, -0.2) is 0 Å². The second-order valence-corrected chi connectivity index (χ2v) is 5.88. The minimum Gasteiger partial charge on any atom is -0.391 e. The van der Waals surface area contributed by atoms with Crippen molar-refractivity contribution in [2.24, 2.45) is 0 Å². The molecule has 0 aliphatic heterocycles. The van der Waals surface area contributed by atoms with Crippen LogP contribution in [-0.4, -0.2) is 23.2 Å². The summed E-state index contributed by atoms with van der Waals surface area (Å²) in [7, 11) is 0. The lowest BCUT2D eigenvalue weighted by Gasteiger charge is -2.28. The van der Waals surface area contributed by atoms with E-state index in [1.54, 1.807) is 11.8 Å². The van der Waals surface area contributed by atoms with Crippen LogP contribution in [0.5, 0.6) is 0 Å². The van der Waals surface area contributed by atoms with Gasteiger partial charge in [-0.3, -0.25) is 0 Å². The highest BCUT2D eigenvalue weighted by atomic mass is 32.2. The van der Waals surface area contributed by atoms with Crippen LogP contribution in [0.1, 0.15) is 30.4 Å². The molecule has 0 aromatic heterocycles. The predicted octanol–water partition coefficient (Wildman–Crippen LogP) is 2.90. The molecule has 18 heavy (non-hydrogen) atoms. The Morgan fingerprint density at radius 2 is 2.28 bits per heavy atom. The Morgan fingerprint density at radius 1 is 1.50 bits per heavy atom. The zero-order valence-corrected chi connectivity index (χ0v) is 11.5. The Kier molecular flexibility index (Phi) is 4.31. The first kappa shape index (κ1) is 13.5. The highest BCUT2D eigenvalue weighted by Crippen LogP contribution is 2.42. The van der Waals surface area contributed by atoms with Gasteiger partial charge in [-0.2, -0.15) is 17.0 Å². The molecule has 96 valence electrons. The molecule has 1 N–H and O–H groups in total. The van der Waals surface area contributed by atoms with Crippen molar-refractivity contribution in [2.45, 2.75) is 37.2 Å². The number of thioether (sulfide) groups is 1. The predicted molar refractivity (Wildman–Crippen MR) is 75.7 cm³/mol. The molecule has 0 amide bonds. The Hall–Kier alpha value is -0.980. The molecule has 1 aliphatic rings. The molecule has 3 heteroatoms. The van der Waals surface area contributed by atoms with Crippen molar-refractivity contribution in [3.05, 3.63) is 35.4 Å². The van der Waals surface area contributed by atoms with Crippen LogP contribution >= 0.6 is 11.8 Å². The number of benzene rings is 1. The zero-order chi connectivity index (χ0) is 13.0. The fourth-order valence-electron chi connectivity index (χ4n) is 2.84. The molecule has 2 atom stereocenters. The SMILES string of the molecule is CSCCCC(O)C1(C#N)CCc2ccccc21. The van der Waals surface area contributed by atoms with Gasteiger partial charge in [-0.05, 0) is 48.8 Å². The molecule has 0 saturated heterocycles. The number of nitriles is 1. The monoisotopic (exact) mass is 261 g/mol. The van der Waals surface area contributed by atoms with Gasteiger partial charge in [0.2, 0.25) is 0 Å². The molecule has 0 spiro atoms. The maximum absolute atomic E-state index is 10.4. The summed E-state index contributed by atoms with van der Waals surface area (Å²) in [6, 6.07) is 10.4. The van der Waals surface area contributed by atoms with E-state index in [0.717, 1.165) is 30.6 Å². The maximum atomic E-state index is 10.4. The van der Waals surface area contributed by atoms with Gasteiger partial charge in [-0.15, -0.1) is 0 Å². The number of aryl methyl sites for hydroxylation is 1. The van der Waals surface area contributed by atoms with Crippen molar-refractivity contribution in [3.8, 4) is 6.07 Å². The van der Waals surface area contributed by atoms with Crippen LogP contribution in [0, 0.1) is 11.3 Å². The first-order valence-electron chi connectivity index (χ1n) is 6.41. The Balaban J connectivity index is 2.20. The van der Waals surface area contributed by atoms with Crippen molar-refractivity contribution in [2.75, 3.05) is 12.0 Å². The highest BCUT2D eigenvalue weighted by Gasteiger charge is 2.44. The molecule has 1 aromatic rings. The quantitative estimate of drug-likeness (QED) is 0.829. The second-order valence-electron chi connectivity index (χ2n) is 4.89. The third-order valence-electron chi connectivity index (χ3n) is 3.88. The van der Waals surface area contributed by atoms with Gasteiger partial charge in [-0.1, -0.05) is 24.3 Å². The van der Waals surface area contributed by atoms with E-state index in [1.165, 1.54) is 5.56 Å². The van der Waals surface area contributed by atoms with Crippen molar-refractivity contribution >= 4 is 11.8 Å². The zero-order valence-electron chi connectivity index (χ0n) is 10.7. The lowest BCUT2D eigenvalue weighted by Crippen LogP contribution is -2.36. The molecule has 0 heterocycles. The Bertz CT molecular complexity index is 454. The topological polar surface area (TPSA) is 44.0 Å². The van der Waals surface area contributed by atoms with E-state index in [0.29, 0.717) is 6.42 Å². The van der Waals surface area contributed by atoms with Crippen molar-refractivity contribution in [3.63, 3.8) is 0 Å². The number of hydrogen-bond acceptors (Lipinski definition) is 3. The molecule has 0 bridgehead atoms. The summed E-state index contributed by atoms with van der Waals surface area (Å²) < 4.78 is 0. The van der Waals surface area contributed by atoms with E-state index < -0.39 is 11.5 Å². The number of fused-ring (bicyclic) bond motifs is 1. The molecule has 2 nitrogen and oxygen atoms in total. The van der Waals surface area contributed by atoms with Crippen molar-refractivity contribution in [1.29, 1.82) is 5.26 Å². The van der Waals surface area contributed by atoms with Gasteiger partial charge in [0.1, 0.15) is 5.41 Å². The van der Waals surface area contributed by atoms with Crippen LogP contribution in [-0.2, 0) is 11.8 Å². The average Bonchev–Trinajstić information content (AvgIpc) is 2.79. The summed E-state index contributed by atoms with van der Waals surface area (Å²) in [6.45, 7) is 0. The van der Waals surface area contributed by atoms with E-state index in [2.05, 4.69) is 18.4 Å². The molecular weight excluding hydrogens is 242 g/mol. The summed E-state index contributed by atoms with van der Waals surface area (Å²) in [5.41, 5.74) is 1.60. The Morgan fingerprint density at radius 3 is 3.00 bits per heavy atom. The van der Waals surface area contributed by atoms with Gasteiger partial charge >= 0.3 is 0 Å². The molecule has 0 saturated carbocycles. The van der Waals surface area contributed by atoms with Gasteiger partial charge < -0.3 is 5.11 Å². The first-order chi connectivity index (χ1) is 8.74. The summed E-state index contributed by atoms with van der Waals surface area (Å²) in [4.78, 5) is 0. The van der Waals surface area contributed by atoms with Crippen LogP contribution in [0.25, 0.3) is 0 Å². The van der Waals surface area contributed by atoms with Crippen molar-refractivity contribution < 1.29 is 5.11 Å². The molecule has 2 unspecified atom stereocenters. The molecular formula is C15H19NOS. The summed E-state index contributed by atoms with van der Waals surface area (Å²) >= 11 is 1.78. The smallest absolute Gasteiger partial charge is 0.109 e. The summed E-state index contributed by atoms with van der Waals surface area (Å²) in [6.07, 6.45) is 4.86. The molecule has 0 radical (unpaired) electrons. The molecule has 0 fully saturated rings. The average molecular weight is 261 g/mol. The van der Waals surface area contributed by atoms with Crippen LogP contribution in [0.3, 0.4) is 0 Å². The number of nitrogens with zero attached hydrogens (tertiary/aromatic N) is 1. The maximum Gasteiger partial charge on any atom is 0.109 e. The number of aliphatic hydroxyl groups excluding tert-OH is 1. The lowest BCUT2D eigenvalue weighted by atomic mass is 9.76. The van der Waals surface area contributed by atoms with E-state index >= 15 is 0 Å². The molecule has 2 rings (SSSR count). The third kappa shape index (κ3) is 2.28. The van der Waals surface area contributed by atoms with Crippen LogP contribution in [0.15, 0.2) is 24.3 Å². The summed E-state index contributed by atoms with van der Waals surface area (Å²) in [5.74, 6) is 1.04. The number of rotatable bonds is 5. The van der Waals surface area contributed by atoms with E-state index in [4.69, 9.17) is 0 Å². The van der Waals surface area contributed by atoms with Crippen molar-refractivity contribution in [1.82, 2.24) is 0 Å².